The van der Waals surface area contributed by atoms with E-state index < -0.39 is 0 Å². The lowest BCUT2D eigenvalue weighted by atomic mass is 10.1. The summed E-state index contributed by atoms with van der Waals surface area (Å²) < 4.78 is 0. The Morgan fingerprint density at radius 3 is 2.40 bits per heavy atom. The van der Waals surface area contributed by atoms with Crippen LogP contribution in [0.4, 0.5) is 0 Å². The lowest BCUT2D eigenvalue weighted by molar-refractivity contribution is 0.946. The molecule has 0 N–H and O–H groups in total. The first-order valence-corrected chi connectivity index (χ1v) is 4.92. The summed E-state index contributed by atoms with van der Waals surface area (Å²) in [5.74, 6) is 0. The Morgan fingerprint density at radius 2 is 1.73 bits per heavy atom. The molecule has 0 aliphatic carbocycles. The van der Waals surface area contributed by atoms with Crippen molar-refractivity contribution in [3.63, 3.8) is 0 Å². The maximum Gasteiger partial charge on any atom is 0.114 e. The Hall–Kier alpha value is -1.77. The predicted octanol–water partition coefficient (Wildman–Crippen LogP) is 2.46. The van der Waals surface area contributed by atoms with Crippen molar-refractivity contribution in [1.29, 1.82) is 0 Å². The third-order valence-electron chi connectivity index (χ3n) is 2.67. The Labute approximate surface area is 89.2 Å². The molecule has 0 saturated heterocycles. The number of nitrogens with zero attached hydrogens (tertiary/aromatic N) is 3. The monoisotopic (exact) mass is 199 g/mol. The van der Waals surface area contributed by atoms with E-state index in [9.17, 15) is 0 Å². The number of aromatic nitrogens is 3. The van der Waals surface area contributed by atoms with Gasteiger partial charge < -0.3 is 0 Å². The van der Waals surface area contributed by atoms with Crippen molar-refractivity contribution in [3.05, 3.63) is 41.2 Å². The highest BCUT2D eigenvalue weighted by molar-refractivity contribution is 5.59. The highest BCUT2D eigenvalue weighted by Crippen LogP contribution is 2.21. The minimum atomic E-state index is 0.874. The van der Waals surface area contributed by atoms with Gasteiger partial charge in [-0.3, -0.25) is 4.98 Å². The molecule has 3 nitrogen and oxygen atoms in total. The third-order valence-corrected chi connectivity index (χ3v) is 2.67. The van der Waals surface area contributed by atoms with E-state index in [0.29, 0.717) is 0 Å². The van der Waals surface area contributed by atoms with Crippen LogP contribution in [0.1, 0.15) is 16.8 Å². The Balaban J connectivity index is 2.60. The summed E-state index contributed by atoms with van der Waals surface area (Å²) in [6.45, 7) is 6.09. The van der Waals surface area contributed by atoms with Crippen LogP contribution in [-0.2, 0) is 0 Å². The van der Waals surface area contributed by atoms with Gasteiger partial charge in [-0.05, 0) is 44.0 Å². The number of rotatable bonds is 1. The molecule has 2 aromatic heterocycles. The van der Waals surface area contributed by atoms with Gasteiger partial charge in [-0.1, -0.05) is 6.07 Å². The molecule has 2 rings (SSSR count). The molecule has 0 aliphatic rings. The van der Waals surface area contributed by atoms with Crippen LogP contribution in [0, 0.1) is 20.8 Å². The fourth-order valence-electron chi connectivity index (χ4n) is 1.47. The van der Waals surface area contributed by atoms with Gasteiger partial charge in [0.1, 0.15) is 5.69 Å². The summed E-state index contributed by atoms with van der Waals surface area (Å²) in [5, 5.41) is 8.32. The molecule has 0 amide bonds. The number of aryl methyl sites for hydroxylation is 1. The van der Waals surface area contributed by atoms with E-state index in [-0.39, 0.29) is 0 Å². The van der Waals surface area contributed by atoms with Crippen molar-refractivity contribution in [1.82, 2.24) is 15.2 Å². The quantitative estimate of drug-likeness (QED) is 0.708. The van der Waals surface area contributed by atoms with Gasteiger partial charge in [-0.25, -0.2) is 0 Å². The van der Waals surface area contributed by atoms with Crippen molar-refractivity contribution < 1.29 is 0 Å². The molecule has 2 heterocycles. The molecule has 0 aliphatic heterocycles. The molecule has 15 heavy (non-hydrogen) atoms. The molecule has 0 fully saturated rings. The van der Waals surface area contributed by atoms with Crippen LogP contribution in [0.15, 0.2) is 24.4 Å². The van der Waals surface area contributed by atoms with Crippen LogP contribution in [-0.4, -0.2) is 15.2 Å². The molecule has 0 bridgehead atoms. The average molecular weight is 199 g/mol. The van der Waals surface area contributed by atoms with E-state index in [1.165, 1.54) is 5.56 Å². The average Bonchev–Trinajstić information content (AvgIpc) is 2.27. The zero-order valence-electron chi connectivity index (χ0n) is 9.15. The third kappa shape index (κ3) is 1.73. The normalized spacial score (nSPS) is 10.3. The topological polar surface area (TPSA) is 38.7 Å². The second-order valence-electron chi connectivity index (χ2n) is 3.60. The standard InChI is InChI=1S/C12H13N3/c1-8-9(2)12(15-14-10(8)3)11-6-4-5-7-13-11/h4-7H,1-3H3. The number of hydrogen-bond donors (Lipinski definition) is 0. The van der Waals surface area contributed by atoms with Crippen molar-refractivity contribution in [2.75, 3.05) is 0 Å². The SMILES string of the molecule is Cc1nnc(-c2ccccn2)c(C)c1C. The molecule has 3 heteroatoms. The summed E-state index contributed by atoms with van der Waals surface area (Å²) in [6.07, 6.45) is 1.77. The zero-order chi connectivity index (χ0) is 10.8. The van der Waals surface area contributed by atoms with Gasteiger partial charge in [-0.2, -0.15) is 5.10 Å². The number of hydrogen-bond acceptors (Lipinski definition) is 3. The van der Waals surface area contributed by atoms with E-state index >= 15 is 0 Å². The number of pyridine rings is 1. The minimum Gasteiger partial charge on any atom is -0.255 e. The van der Waals surface area contributed by atoms with Gasteiger partial charge in [0.05, 0.1) is 11.4 Å². The molecule has 0 saturated carbocycles. The highest BCUT2D eigenvalue weighted by atomic mass is 15.1. The van der Waals surface area contributed by atoms with Crippen LogP contribution >= 0.6 is 0 Å². The summed E-state index contributed by atoms with van der Waals surface area (Å²) in [6, 6.07) is 5.80. The molecular formula is C12H13N3. The maximum atomic E-state index is 4.28. The van der Waals surface area contributed by atoms with Gasteiger partial charge in [-0.15, -0.1) is 5.10 Å². The van der Waals surface area contributed by atoms with E-state index in [4.69, 9.17) is 0 Å². The first-order valence-electron chi connectivity index (χ1n) is 4.92. The molecular weight excluding hydrogens is 186 g/mol. The first-order chi connectivity index (χ1) is 7.20. The van der Waals surface area contributed by atoms with Crippen molar-refractivity contribution >= 4 is 0 Å². The predicted molar refractivity (Wildman–Crippen MR) is 59.5 cm³/mol. The fraction of sp³-hybridized carbons (Fsp3) is 0.250. The lowest BCUT2D eigenvalue weighted by Gasteiger charge is -2.07. The van der Waals surface area contributed by atoms with Crippen LogP contribution in [0.2, 0.25) is 0 Å². The van der Waals surface area contributed by atoms with Gasteiger partial charge >= 0.3 is 0 Å². The van der Waals surface area contributed by atoms with E-state index in [0.717, 1.165) is 22.6 Å². The first kappa shape index (κ1) is 9.77. The second-order valence-corrected chi connectivity index (χ2v) is 3.60. The molecule has 0 unspecified atom stereocenters. The molecule has 76 valence electrons. The van der Waals surface area contributed by atoms with E-state index in [2.05, 4.69) is 29.0 Å². The van der Waals surface area contributed by atoms with Crippen LogP contribution in [0.3, 0.4) is 0 Å². The molecule has 2 aromatic rings. The molecule has 0 radical (unpaired) electrons. The summed E-state index contributed by atoms with van der Waals surface area (Å²) >= 11 is 0. The van der Waals surface area contributed by atoms with Crippen molar-refractivity contribution in [3.8, 4) is 11.4 Å². The van der Waals surface area contributed by atoms with Gasteiger partial charge in [0.2, 0.25) is 0 Å². The van der Waals surface area contributed by atoms with Gasteiger partial charge in [0.15, 0.2) is 0 Å². The Kier molecular flexibility index (Phi) is 2.46. The molecule has 0 aromatic carbocycles. The smallest absolute Gasteiger partial charge is 0.114 e. The lowest BCUT2D eigenvalue weighted by Crippen LogP contribution is -1.99. The summed E-state index contributed by atoms with van der Waals surface area (Å²) in [5.41, 5.74) is 5.07. The van der Waals surface area contributed by atoms with Crippen molar-refractivity contribution in [2.45, 2.75) is 20.8 Å². The summed E-state index contributed by atoms with van der Waals surface area (Å²) in [4.78, 5) is 4.28. The maximum absolute atomic E-state index is 4.28. The van der Waals surface area contributed by atoms with Crippen LogP contribution in [0.5, 0.6) is 0 Å². The van der Waals surface area contributed by atoms with Crippen molar-refractivity contribution in [2.24, 2.45) is 0 Å². The minimum absolute atomic E-state index is 0.874. The molecule has 0 atom stereocenters. The second kappa shape index (κ2) is 3.77. The zero-order valence-corrected chi connectivity index (χ0v) is 9.15. The Bertz CT molecular complexity index is 478. The van der Waals surface area contributed by atoms with Gasteiger partial charge in [0.25, 0.3) is 0 Å². The molecule has 0 spiro atoms. The van der Waals surface area contributed by atoms with E-state index in [1.807, 2.05) is 25.1 Å². The summed E-state index contributed by atoms with van der Waals surface area (Å²) in [7, 11) is 0. The van der Waals surface area contributed by atoms with Gasteiger partial charge in [0, 0.05) is 6.20 Å². The Morgan fingerprint density at radius 1 is 0.933 bits per heavy atom. The highest BCUT2D eigenvalue weighted by Gasteiger charge is 2.09. The fourth-order valence-corrected chi connectivity index (χ4v) is 1.47. The van der Waals surface area contributed by atoms with Crippen LogP contribution < -0.4 is 0 Å². The largest absolute Gasteiger partial charge is 0.255 e. The van der Waals surface area contributed by atoms with Crippen LogP contribution in [0.25, 0.3) is 11.4 Å². The van der Waals surface area contributed by atoms with E-state index in [1.54, 1.807) is 6.20 Å².